The molecule has 1 fully saturated rings. The Morgan fingerprint density at radius 3 is 2.59 bits per heavy atom. The van der Waals surface area contributed by atoms with Gasteiger partial charge < -0.3 is 10.2 Å². The largest absolute Gasteiger partial charge is 0.340 e. The minimum Gasteiger partial charge on any atom is -0.340 e. The summed E-state index contributed by atoms with van der Waals surface area (Å²) in [5.41, 5.74) is 2.78. The van der Waals surface area contributed by atoms with E-state index in [-0.39, 0.29) is 0 Å². The van der Waals surface area contributed by atoms with Gasteiger partial charge in [-0.3, -0.25) is 4.68 Å². The van der Waals surface area contributed by atoms with Crippen LogP contribution in [0.25, 0.3) is 11.0 Å². The van der Waals surface area contributed by atoms with E-state index in [2.05, 4.69) is 29.2 Å². The fourth-order valence-electron chi connectivity index (χ4n) is 3.88. The Hall–Kier alpha value is -2.34. The molecule has 27 heavy (non-hydrogen) atoms. The summed E-state index contributed by atoms with van der Waals surface area (Å²) in [4.78, 5) is 12.0. The number of nitrogens with zero attached hydrogens (tertiary/aromatic N) is 5. The van der Waals surface area contributed by atoms with Crippen LogP contribution in [0, 0.1) is 18.8 Å². The Labute approximate surface area is 164 Å². The molecule has 1 aliphatic heterocycles. The maximum Gasteiger partial charge on any atom is 0.229 e. The first-order valence-corrected chi connectivity index (χ1v) is 9.76. The van der Waals surface area contributed by atoms with Gasteiger partial charge in [0.15, 0.2) is 5.65 Å². The molecule has 0 radical (unpaired) electrons. The second-order valence-electron chi connectivity index (χ2n) is 7.82. The molecular formula is C20H25ClN6. The van der Waals surface area contributed by atoms with Gasteiger partial charge in [0.05, 0.1) is 11.6 Å². The molecular weight excluding hydrogens is 360 g/mol. The van der Waals surface area contributed by atoms with Gasteiger partial charge in [-0.1, -0.05) is 31.5 Å². The van der Waals surface area contributed by atoms with E-state index < -0.39 is 0 Å². The molecule has 0 spiro atoms. The van der Waals surface area contributed by atoms with E-state index in [0.717, 1.165) is 52.2 Å². The highest BCUT2D eigenvalue weighted by Gasteiger charge is 2.25. The van der Waals surface area contributed by atoms with Crippen LogP contribution in [0.15, 0.2) is 24.4 Å². The zero-order valence-corrected chi connectivity index (χ0v) is 17.0. The highest BCUT2D eigenvalue weighted by atomic mass is 35.5. The van der Waals surface area contributed by atoms with Crippen LogP contribution in [-0.2, 0) is 7.05 Å². The van der Waals surface area contributed by atoms with Gasteiger partial charge in [0.2, 0.25) is 5.95 Å². The molecule has 0 bridgehead atoms. The molecule has 6 nitrogen and oxygen atoms in total. The third-order valence-corrected chi connectivity index (χ3v) is 5.57. The second-order valence-corrected chi connectivity index (χ2v) is 8.22. The van der Waals surface area contributed by atoms with Crippen molar-refractivity contribution in [3.8, 4) is 0 Å². The van der Waals surface area contributed by atoms with Crippen molar-refractivity contribution in [2.75, 3.05) is 23.3 Å². The van der Waals surface area contributed by atoms with Gasteiger partial charge in [0, 0.05) is 30.8 Å². The highest BCUT2D eigenvalue weighted by molar-refractivity contribution is 6.31. The Balaban J connectivity index is 1.76. The maximum absolute atomic E-state index is 6.29. The van der Waals surface area contributed by atoms with Gasteiger partial charge in [-0.15, -0.1) is 0 Å². The molecule has 0 unspecified atom stereocenters. The summed E-state index contributed by atoms with van der Waals surface area (Å²) in [6, 6.07) is 5.93. The van der Waals surface area contributed by atoms with E-state index in [4.69, 9.17) is 21.6 Å². The molecule has 2 aromatic heterocycles. The number of aryl methyl sites for hydroxylation is 2. The van der Waals surface area contributed by atoms with E-state index in [9.17, 15) is 0 Å². The summed E-state index contributed by atoms with van der Waals surface area (Å²) in [7, 11) is 1.91. The lowest BCUT2D eigenvalue weighted by atomic mass is 9.92. The Morgan fingerprint density at radius 1 is 1.15 bits per heavy atom. The summed E-state index contributed by atoms with van der Waals surface area (Å²) in [5.74, 6) is 2.78. The zero-order valence-electron chi connectivity index (χ0n) is 16.2. The first-order valence-electron chi connectivity index (χ1n) is 9.38. The number of hydrogen-bond donors (Lipinski definition) is 1. The van der Waals surface area contributed by atoms with E-state index in [1.807, 2.05) is 32.2 Å². The molecule has 0 amide bonds. The molecule has 2 atom stereocenters. The third-order valence-electron chi connectivity index (χ3n) is 5.17. The van der Waals surface area contributed by atoms with Crippen LogP contribution in [0.1, 0.15) is 25.8 Å². The van der Waals surface area contributed by atoms with E-state index in [0.29, 0.717) is 11.8 Å². The fourth-order valence-corrected chi connectivity index (χ4v) is 4.06. The number of aromatic nitrogens is 4. The van der Waals surface area contributed by atoms with Crippen LogP contribution in [-0.4, -0.2) is 32.8 Å². The molecule has 4 rings (SSSR count). The molecule has 1 saturated heterocycles. The molecule has 3 heterocycles. The molecule has 0 saturated carbocycles. The zero-order chi connectivity index (χ0) is 19.1. The lowest BCUT2D eigenvalue weighted by molar-refractivity contribution is 0.354. The van der Waals surface area contributed by atoms with Gasteiger partial charge in [0.25, 0.3) is 0 Å². The Morgan fingerprint density at radius 2 is 1.89 bits per heavy atom. The highest BCUT2D eigenvalue weighted by Crippen LogP contribution is 2.30. The summed E-state index contributed by atoms with van der Waals surface area (Å²) >= 11 is 6.29. The number of nitrogens with one attached hydrogen (secondary N) is 1. The Kier molecular flexibility index (Phi) is 4.68. The molecule has 142 valence electrons. The normalized spacial score (nSPS) is 20.3. The van der Waals surface area contributed by atoms with Crippen LogP contribution in [0.4, 0.5) is 17.5 Å². The number of anilines is 3. The average molecular weight is 385 g/mol. The third kappa shape index (κ3) is 3.58. The van der Waals surface area contributed by atoms with Crippen LogP contribution in [0.5, 0.6) is 0 Å². The van der Waals surface area contributed by atoms with Crippen molar-refractivity contribution in [2.45, 2.75) is 27.2 Å². The van der Waals surface area contributed by atoms with Crippen molar-refractivity contribution in [3.63, 3.8) is 0 Å². The standard InChI is InChI=1S/C20H25ClN6/c1-12-7-13(2)11-27(10-12)20-24-18(16-9-22-26(4)19(16)25-20)23-15-6-5-14(3)17(21)8-15/h5-6,8-9,12-13H,7,10-11H2,1-4H3,(H,23,24,25)/t12-,13-/m0/s1. The van der Waals surface area contributed by atoms with Crippen LogP contribution in [0.2, 0.25) is 5.02 Å². The van der Waals surface area contributed by atoms with Crippen LogP contribution < -0.4 is 10.2 Å². The van der Waals surface area contributed by atoms with Crippen molar-refractivity contribution in [3.05, 3.63) is 35.0 Å². The minimum absolute atomic E-state index is 0.631. The van der Waals surface area contributed by atoms with Gasteiger partial charge in [0.1, 0.15) is 5.82 Å². The number of hydrogen-bond acceptors (Lipinski definition) is 5. The lowest BCUT2D eigenvalue weighted by Crippen LogP contribution is -2.39. The van der Waals surface area contributed by atoms with Gasteiger partial charge in [-0.2, -0.15) is 15.1 Å². The first kappa shape index (κ1) is 18.0. The van der Waals surface area contributed by atoms with Crippen molar-refractivity contribution in [1.82, 2.24) is 19.7 Å². The quantitative estimate of drug-likeness (QED) is 0.717. The molecule has 3 aromatic rings. The molecule has 1 aliphatic rings. The predicted molar refractivity (Wildman–Crippen MR) is 111 cm³/mol. The molecule has 1 N–H and O–H groups in total. The van der Waals surface area contributed by atoms with E-state index in [1.165, 1.54) is 6.42 Å². The number of piperidine rings is 1. The molecule has 0 aliphatic carbocycles. The summed E-state index contributed by atoms with van der Waals surface area (Å²) in [5, 5.41) is 9.42. The minimum atomic E-state index is 0.631. The van der Waals surface area contributed by atoms with Crippen molar-refractivity contribution >= 4 is 40.1 Å². The van der Waals surface area contributed by atoms with E-state index in [1.54, 1.807) is 10.9 Å². The average Bonchev–Trinajstić information content (AvgIpc) is 2.99. The van der Waals surface area contributed by atoms with Gasteiger partial charge in [-0.25, -0.2) is 0 Å². The summed E-state index contributed by atoms with van der Waals surface area (Å²) in [6.45, 7) is 8.53. The first-order chi connectivity index (χ1) is 12.9. The predicted octanol–water partition coefficient (Wildman–Crippen LogP) is 4.55. The maximum atomic E-state index is 6.29. The monoisotopic (exact) mass is 384 g/mol. The van der Waals surface area contributed by atoms with Crippen LogP contribution >= 0.6 is 11.6 Å². The fraction of sp³-hybridized carbons (Fsp3) is 0.450. The van der Waals surface area contributed by atoms with Gasteiger partial charge in [-0.05, 0) is 42.9 Å². The topological polar surface area (TPSA) is 58.9 Å². The Bertz CT molecular complexity index is 972. The number of rotatable bonds is 3. The summed E-state index contributed by atoms with van der Waals surface area (Å²) in [6.07, 6.45) is 3.05. The number of fused-ring (bicyclic) bond motifs is 1. The van der Waals surface area contributed by atoms with E-state index >= 15 is 0 Å². The SMILES string of the molecule is Cc1ccc(Nc2nc(N3C[C@@H](C)C[C@H](C)C3)nc3c2cnn3C)cc1Cl. The second kappa shape index (κ2) is 7.00. The number of halogens is 1. The van der Waals surface area contributed by atoms with Crippen molar-refractivity contribution < 1.29 is 0 Å². The lowest BCUT2D eigenvalue weighted by Gasteiger charge is -2.35. The molecule has 1 aromatic carbocycles. The van der Waals surface area contributed by atoms with Crippen molar-refractivity contribution in [2.24, 2.45) is 18.9 Å². The summed E-state index contributed by atoms with van der Waals surface area (Å²) < 4.78 is 1.80. The van der Waals surface area contributed by atoms with Gasteiger partial charge >= 0.3 is 0 Å². The molecule has 7 heteroatoms. The van der Waals surface area contributed by atoms with Crippen LogP contribution in [0.3, 0.4) is 0 Å². The smallest absolute Gasteiger partial charge is 0.229 e. The van der Waals surface area contributed by atoms with Crippen molar-refractivity contribution in [1.29, 1.82) is 0 Å². The number of benzene rings is 1.